The van der Waals surface area contributed by atoms with Gasteiger partial charge in [-0.3, -0.25) is 9.69 Å². The minimum Gasteiger partial charge on any atom is -0.494 e. The van der Waals surface area contributed by atoms with Crippen LogP contribution in [0.1, 0.15) is 17.9 Å². The Hall–Kier alpha value is -2.01. The number of carbonyl (C=O) groups excluding carboxylic acids is 1. The first-order valence-corrected chi connectivity index (χ1v) is 8.16. The molecule has 0 spiro atoms. The molecule has 2 aromatic rings. The zero-order valence-corrected chi connectivity index (χ0v) is 13.0. The highest BCUT2D eigenvalue weighted by atomic mass is 32.2. The molecule has 2 aromatic carbocycles. The molecule has 0 aliphatic carbocycles. The highest BCUT2D eigenvalue weighted by Gasteiger charge is 2.34. The molecule has 114 valence electrons. The van der Waals surface area contributed by atoms with Crippen molar-refractivity contribution in [2.24, 2.45) is 0 Å². The number of carbonyl (C=O) groups is 1. The van der Waals surface area contributed by atoms with E-state index in [0.29, 0.717) is 12.4 Å². The number of rotatable bonds is 4. The summed E-state index contributed by atoms with van der Waals surface area (Å²) < 4.78 is 18.9. The second-order valence-corrected chi connectivity index (χ2v) is 5.98. The molecule has 1 saturated heterocycles. The average Bonchev–Trinajstić information content (AvgIpc) is 2.90. The van der Waals surface area contributed by atoms with E-state index in [9.17, 15) is 9.18 Å². The van der Waals surface area contributed by atoms with Crippen molar-refractivity contribution in [1.82, 2.24) is 0 Å². The lowest BCUT2D eigenvalue weighted by molar-refractivity contribution is -0.115. The number of thioether (sulfide) groups is 1. The van der Waals surface area contributed by atoms with E-state index in [0.717, 1.165) is 17.0 Å². The maximum absolute atomic E-state index is 13.5. The van der Waals surface area contributed by atoms with Crippen molar-refractivity contribution in [3.8, 4) is 5.75 Å². The van der Waals surface area contributed by atoms with E-state index in [1.54, 1.807) is 11.0 Å². The lowest BCUT2D eigenvalue weighted by atomic mass is 10.2. The Bertz CT molecular complexity index is 675. The van der Waals surface area contributed by atoms with Crippen LogP contribution in [0.5, 0.6) is 5.75 Å². The Morgan fingerprint density at radius 3 is 2.73 bits per heavy atom. The normalized spacial score (nSPS) is 17.8. The third kappa shape index (κ3) is 2.95. The van der Waals surface area contributed by atoms with Crippen LogP contribution in [0.25, 0.3) is 0 Å². The smallest absolute Gasteiger partial charge is 0.238 e. The van der Waals surface area contributed by atoms with Gasteiger partial charge < -0.3 is 4.74 Å². The van der Waals surface area contributed by atoms with Gasteiger partial charge in [0.15, 0.2) is 0 Å². The predicted molar refractivity (Wildman–Crippen MR) is 86.7 cm³/mol. The van der Waals surface area contributed by atoms with Crippen molar-refractivity contribution in [2.75, 3.05) is 17.3 Å². The van der Waals surface area contributed by atoms with Gasteiger partial charge in [-0.05, 0) is 48.9 Å². The summed E-state index contributed by atoms with van der Waals surface area (Å²) in [7, 11) is 0. The van der Waals surface area contributed by atoms with E-state index in [1.807, 2.05) is 37.3 Å². The number of hydrogen-bond acceptors (Lipinski definition) is 3. The van der Waals surface area contributed by atoms with Gasteiger partial charge in [-0.15, -0.1) is 11.8 Å². The van der Waals surface area contributed by atoms with Gasteiger partial charge in [-0.2, -0.15) is 0 Å². The quantitative estimate of drug-likeness (QED) is 0.853. The van der Waals surface area contributed by atoms with Gasteiger partial charge in [0.05, 0.1) is 12.4 Å². The largest absolute Gasteiger partial charge is 0.494 e. The average molecular weight is 317 g/mol. The number of nitrogens with zero attached hydrogens (tertiary/aromatic N) is 1. The number of anilines is 1. The molecule has 0 N–H and O–H groups in total. The van der Waals surface area contributed by atoms with Crippen LogP contribution in [-0.2, 0) is 4.79 Å². The Balaban J connectivity index is 1.90. The van der Waals surface area contributed by atoms with E-state index in [1.165, 1.54) is 23.9 Å². The second-order valence-electron chi connectivity index (χ2n) is 4.91. The van der Waals surface area contributed by atoms with Crippen LogP contribution < -0.4 is 9.64 Å². The summed E-state index contributed by atoms with van der Waals surface area (Å²) in [4.78, 5) is 14.0. The minimum atomic E-state index is -0.288. The summed E-state index contributed by atoms with van der Waals surface area (Å²) in [5, 5.41) is -0.193. The van der Waals surface area contributed by atoms with Crippen molar-refractivity contribution in [3.63, 3.8) is 0 Å². The van der Waals surface area contributed by atoms with Crippen molar-refractivity contribution in [3.05, 3.63) is 59.9 Å². The van der Waals surface area contributed by atoms with Crippen molar-refractivity contribution >= 4 is 23.4 Å². The fourth-order valence-electron chi connectivity index (χ4n) is 2.48. The Labute approximate surface area is 133 Å². The SMILES string of the molecule is CCOc1ccc(N2C(=O)CSC2c2cccc(F)c2)cc1. The molecule has 1 fully saturated rings. The molecule has 1 heterocycles. The molecule has 1 unspecified atom stereocenters. The monoisotopic (exact) mass is 317 g/mol. The van der Waals surface area contributed by atoms with Crippen LogP contribution in [0.2, 0.25) is 0 Å². The highest BCUT2D eigenvalue weighted by molar-refractivity contribution is 8.00. The molecule has 1 aliphatic heterocycles. The van der Waals surface area contributed by atoms with Gasteiger partial charge in [0.25, 0.3) is 0 Å². The van der Waals surface area contributed by atoms with Gasteiger partial charge in [-0.25, -0.2) is 4.39 Å². The van der Waals surface area contributed by atoms with E-state index in [2.05, 4.69) is 0 Å². The van der Waals surface area contributed by atoms with Crippen LogP contribution in [0.4, 0.5) is 10.1 Å². The van der Waals surface area contributed by atoms with Crippen LogP contribution >= 0.6 is 11.8 Å². The van der Waals surface area contributed by atoms with Gasteiger partial charge >= 0.3 is 0 Å². The van der Waals surface area contributed by atoms with Crippen LogP contribution in [0.15, 0.2) is 48.5 Å². The Morgan fingerprint density at radius 1 is 1.27 bits per heavy atom. The predicted octanol–water partition coefficient (Wildman–Crippen LogP) is 4.00. The maximum Gasteiger partial charge on any atom is 0.238 e. The van der Waals surface area contributed by atoms with Crippen LogP contribution in [0.3, 0.4) is 0 Å². The molecule has 0 saturated carbocycles. The van der Waals surface area contributed by atoms with Gasteiger partial charge in [0.2, 0.25) is 5.91 Å². The molecule has 1 aliphatic rings. The number of halogens is 1. The number of benzene rings is 2. The summed E-state index contributed by atoms with van der Waals surface area (Å²) in [6.07, 6.45) is 0. The second kappa shape index (κ2) is 6.40. The van der Waals surface area contributed by atoms with E-state index < -0.39 is 0 Å². The summed E-state index contributed by atoms with van der Waals surface area (Å²) in [5.74, 6) is 0.911. The first-order chi connectivity index (χ1) is 10.7. The molecule has 0 bridgehead atoms. The summed E-state index contributed by atoms with van der Waals surface area (Å²) in [5.41, 5.74) is 1.59. The highest BCUT2D eigenvalue weighted by Crippen LogP contribution is 2.42. The molecule has 1 atom stereocenters. The first-order valence-electron chi connectivity index (χ1n) is 7.11. The maximum atomic E-state index is 13.5. The van der Waals surface area contributed by atoms with Crippen LogP contribution in [-0.4, -0.2) is 18.3 Å². The standard InChI is InChI=1S/C17H16FNO2S/c1-2-21-15-8-6-14(7-9-15)19-16(20)11-22-17(19)12-4-3-5-13(18)10-12/h3-10,17H,2,11H2,1H3. The lowest BCUT2D eigenvalue weighted by Crippen LogP contribution is -2.27. The van der Waals surface area contributed by atoms with Crippen molar-refractivity contribution in [2.45, 2.75) is 12.3 Å². The van der Waals surface area contributed by atoms with Gasteiger partial charge in [-0.1, -0.05) is 12.1 Å². The minimum absolute atomic E-state index is 0.0309. The zero-order chi connectivity index (χ0) is 15.5. The van der Waals surface area contributed by atoms with Crippen molar-refractivity contribution in [1.29, 1.82) is 0 Å². The van der Waals surface area contributed by atoms with Gasteiger partial charge in [0, 0.05) is 5.69 Å². The van der Waals surface area contributed by atoms with Crippen LogP contribution in [0, 0.1) is 5.82 Å². The summed E-state index contributed by atoms with van der Waals surface area (Å²) in [6, 6.07) is 13.8. The molecular weight excluding hydrogens is 301 g/mol. The topological polar surface area (TPSA) is 29.5 Å². The number of ether oxygens (including phenoxy) is 1. The fraction of sp³-hybridized carbons (Fsp3) is 0.235. The molecule has 1 amide bonds. The molecule has 3 nitrogen and oxygen atoms in total. The van der Waals surface area contributed by atoms with Gasteiger partial charge in [0.1, 0.15) is 16.9 Å². The molecular formula is C17H16FNO2S. The summed E-state index contributed by atoms with van der Waals surface area (Å²) >= 11 is 1.51. The molecule has 3 rings (SSSR count). The first kappa shape index (κ1) is 14.9. The Kier molecular flexibility index (Phi) is 4.34. The third-order valence-corrected chi connectivity index (χ3v) is 4.64. The Morgan fingerprint density at radius 2 is 2.05 bits per heavy atom. The fourth-order valence-corrected chi connectivity index (χ4v) is 3.65. The van der Waals surface area contributed by atoms with E-state index in [-0.39, 0.29) is 17.1 Å². The molecule has 0 aromatic heterocycles. The number of hydrogen-bond donors (Lipinski definition) is 0. The summed E-state index contributed by atoms with van der Waals surface area (Å²) in [6.45, 7) is 2.53. The molecule has 22 heavy (non-hydrogen) atoms. The van der Waals surface area contributed by atoms with E-state index in [4.69, 9.17) is 4.74 Å². The van der Waals surface area contributed by atoms with Crippen molar-refractivity contribution < 1.29 is 13.9 Å². The van der Waals surface area contributed by atoms with E-state index >= 15 is 0 Å². The zero-order valence-electron chi connectivity index (χ0n) is 12.2. The third-order valence-electron chi connectivity index (χ3n) is 3.43. The molecule has 0 radical (unpaired) electrons. The lowest BCUT2D eigenvalue weighted by Gasteiger charge is -2.24. The molecule has 5 heteroatoms. The number of amides is 1.